The topological polar surface area (TPSA) is 59.8 Å². The van der Waals surface area contributed by atoms with Gasteiger partial charge in [-0.25, -0.2) is 0 Å². The van der Waals surface area contributed by atoms with Crippen LogP contribution >= 0.6 is 11.3 Å². The molecule has 0 atom stereocenters. The van der Waals surface area contributed by atoms with Gasteiger partial charge < -0.3 is 9.88 Å². The average Bonchev–Trinajstić information content (AvgIpc) is 3.16. The Bertz CT molecular complexity index is 764. The summed E-state index contributed by atoms with van der Waals surface area (Å²) < 4.78 is 1.84. The van der Waals surface area contributed by atoms with Gasteiger partial charge in [-0.1, -0.05) is 12.1 Å². The molecule has 0 bridgehead atoms. The van der Waals surface area contributed by atoms with E-state index in [1.54, 1.807) is 17.7 Å². The van der Waals surface area contributed by atoms with Crippen molar-refractivity contribution in [2.75, 3.05) is 5.32 Å². The highest BCUT2D eigenvalue weighted by atomic mass is 32.1. The summed E-state index contributed by atoms with van der Waals surface area (Å²) in [6.07, 6.45) is 2.89. The molecule has 6 heteroatoms. The molecular weight excluding hydrogens is 296 g/mol. The summed E-state index contributed by atoms with van der Waals surface area (Å²) in [5, 5.41) is 15.0. The van der Waals surface area contributed by atoms with Crippen LogP contribution in [0.2, 0.25) is 0 Å². The zero-order valence-corrected chi connectivity index (χ0v) is 13.0. The number of hydrogen-bond donors (Lipinski definition) is 1. The highest BCUT2D eigenvalue weighted by molar-refractivity contribution is 7.07. The van der Waals surface area contributed by atoms with Crippen LogP contribution in [-0.2, 0) is 18.3 Å². The predicted molar refractivity (Wildman–Crippen MR) is 87.7 cm³/mol. The lowest BCUT2D eigenvalue weighted by molar-refractivity contribution is -0.116. The lowest BCUT2D eigenvalue weighted by Crippen LogP contribution is -2.12. The molecule has 0 aliphatic rings. The first-order valence-electron chi connectivity index (χ1n) is 6.98. The lowest BCUT2D eigenvalue weighted by Gasteiger charge is -2.07. The second-order valence-corrected chi connectivity index (χ2v) is 5.81. The Labute approximate surface area is 132 Å². The number of nitrogens with zero attached hydrogens (tertiary/aromatic N) is 3. The molecule has 5 nitrogen and oxygen atoms in total. The van der Waals surface area contributed by atoms with E-state index in [4.69, 9.17) is 0 Å². The predicted octanol–water partition coefficient (Wildman–Crippen LogP) is 3.11. The van der Waals surface area contributed by atoms with E-state index in [9.17, 15) is 4.79 Å². The molecular formula is C16H16N4OS. The van der Waals surface area contributed by atoms with E-state index in [0.717, 1.165) is 23.5 Å². The Morgan fingerprint density at radius 2 is 2.27 bits per heavy atom. The van der Waals surface area contributed by atoms with Crippen molar-refractivity contribution in [3.8, 4) is 11.4 Å². The summed E-state index contributed by atoms with van der Waals surface area (Å²) >= 11 is 1.65. The lowest BCUT2D eigenvalue weighted by atomic mass is 10.1. The van der Waals surface area contributed by atoms with Gasteiger partial charge in [0.05, 0.1) is 0 Å². The number of hydrogen-bond acceptors (Lipinski definition) is 4. The van der Waals surface area contributed by atoms with Crippen LogP contribution in [0.3, 0.4) is 0 Å². The number of benzene rings is 1. The molecule has 3 aromatic rings. The normalized spacial score (nSPS) is 10.6. The highest BCUT2D eigenvalue weighted by Gasteiger charge is 2.07. The van der Waals surface area contributed by atoms with Crippen LogP contribution in [0.1, 0.15) is 12.0 Å². The Hall–Kier alpha value is -2.47. The maximum atomic E-state index is 12.0. The number of nitrogens with one attached hydrogen (secondary N) is 1. The third-order valence-corrected chi connectivity index (χ3v) is 4.07. The number of thiophene rings is 1. The average molecular weight is 312 g/mol. The number of carbonyl (C=O) groups is 1. The van der Waals surface area contributed by atoms with Crippen molar-refractivity contribution < 1.29 is 4.79 Å². The summed E-state index contributed by atoms with van der Waals surface area (Å²) in [4.78, 5) is 12.0. The quantitative estimate of drug-likeness (QED) is 0.787. The molecule has 22 heavy (non-hydrogen) atoms. The molecule has 112 valence electrons. The number of amides is 1. The zero-order chi connectivity index (χ0) is 15.4. The molecule has 1 N–H and O–H groups in total. The molecule has 0 spiro atoms. The van der Waals surface area contributed by atoms with Gasteiger partial charge in [0.25, 0.3) is 0 Å². The van der Waals surface area contributed by atoms with Gasteiger partial charge in [0.1, 0.15) is 6.33 Å². The smallest absolute Gasteiger partial charge is 0.224 e. The third-order valence-electron chi connectivity index (χ3n) is 3.34. The second-order valence-electron chi connectivity index (χ2n) is 5.03. The van der Waals surface area contributed by atoms with E-state index in [2.05, 4.69) is 20.9 Å². The number of anilines is 1. The van der Waals surface area contributed by atoms with Crippen molar-refractivity contribution >= 4 is 22.9 Å². The molecule has 2 heterocycles. The van der Waals surface area contributed by atoms with Crippen LogP contribution in [0.5, 0.6) is 0 Å². The minimum absolute atomic E-state index is 0.0151. The fourth-order valence-electron chi connectivity index (χ4n) is 2.20. The van der Waals surface area contributed by atoms with Crippen LogP contribution in [-0.4, -0.2) is 20.7 Å². The molecule has 0 radical (unpaired) electrons. The second kappa shape index (κ2) is 6.53. The Balaban J connectivity index is 1.65. The molecule has 0 aliphatic carbocycles. The maximum Gasteiger partial charge on any atom is 0.224 e. The van der Waals surface area contributed by atoms with Crippen LogP contribution in [0, 0.1) is 0 Å². The number of carbonyl (C=O) groups excluding carboxylic acids is 1. The van der Waals surface area contributed by atoms with E-state index in [0.29, 0.717) is 6.42 Å². The van der Waals surface area contributed by atoms with E-state index in [1.165, 1.54) is 5.56 Å². The SMILES string of the molecule is Cn1cnnc1-c1cccc(NC(=O)CCc2ccsc2)c1. The van der Waals surface area contributed by atoms with Crippen LogP contribution < -0.4 is 5.32 Å². The van der Waals surface area contributed by atoms with Crippen molar-refractivity contribution in [1.82, 2.24) is 14.8 Å². The first-order chi connectivity index (χ1) is 10.7. The van der Waals surface area contributed by atoms with Crippen LogP contribution in [0.15, 0.2) is 47.4 Å². The summed E-state index contributed by atoms with van der Waals surface area (Å²) in [5.74, 6) is 0.788. The fourth-order valence-corrected chi connectivity index (χ4v) is 2.90. The van der Waals surface area contributed by atoms with Crippen molar-refractivity contribution in [3.05, 3.63) is 53.0 Å². The van der Waals surface area contributed by atoms with Gasteiger partial charge in [-0.3, -0.25) is 4.79 Å². The third kappa shape index (κ3) is 3.40. The summed E-state index contributed by atoms with van der Waals surface area (Å²) in [6.45, 7) is 0. The monoisotopic (exact) mass is 312 g/mol. The summed E-state index contributed by atoms with van der Waals surface area (Å²) in [5.41, 5.74) is 2.90. The van der Waals surface area contributed by atoms with Gasteiger partial charge in [-0.2, -0.15) is 11.3 Å². The molecule has 0 saturated carbocycles. The Morgan fingerprint density at radius 3 is 3.00 bits per heavy atom. The Morgan fingerprint density at radius 1 is 1.36 bits per heavy atom. The van der Waals surface area contributed by atoms with Gasteiger partial charge in [0, 0.05) is 24.7 Å². The molecule has 1 amide bonds. The zero-order valence-electron chi connectivity index (χ0n) is 12.2. The van der Waals surface area contributed by atoms with Crippen LogP contribution in [0.4, 0.5) is 5.69 Å². The van der Waals surface area contributed by atoms with Gasteiger partial charge in [-0.15, -0.1) is 10.2 Å². The van der Waals surface area contributed by atoms with Crippen molar-refractivity contribution in [3.63, 3.8) is 0 Å². The summed E-state index contributed by atoms with van der Waals surface area (Å²) in [7, 11) is 1.89. The van der Waals surface area contributed by atoms with Crippen molar-refractivity contribution in [1.29, 1.82) is 0 Å². The first kappa shape index (κ1) is 14.5. The van der Waals surface area contributed by atoms with Gasteiger partial charge in [-0.05, 0) is 40.9 Å². The Kier molecular flexibility index (Phi) is 4.29. The van der Waals surface area contributed by atoms with E-state index in [-0.39, 0.29) is 5.91 Å². The van der Waals surface area contributed by atoms with Crippen LogP contribution in [0.25, 0.3) is 11.4 Å². The fraction of sp³-hybridized carbons (Fsp3) is 0.188. The minimum atomic E-state index is 0.0151. The maximum absolute atomic E-state index is 12.0. The molecule has 0 saturated heterocycles. The van der Waals surface area contributed by atoms with E-state index < -0.39 is 0 Å². The molecule has 0 fully saturated rings. The standard InChI is InChI=1S/C16H16N4OS/c1-20-11-17-19-16(20)13-3-2-4-14(9-13)18-15(21)6-5-12-7-8-22-10-12/h2-4,7-11H,5-6H2,1H3,(H,18,21). The molecule has 0 aliphatic heterocycles. The largest absolute Gasteiger partial charge is 0.326 e. The molecule has 1 aromatic carbocycles. The minimum Gasteiger partial charge on any atom is -0.326 e. The van der Waals surface area contributed by atoms with Gasteiger partial charge in [0.2, 0.25) is 5.91 Å². The van der Waals surface area contributed by atoms with Crippen molar-refractivity contribution in [2.45, 2.75) is 12.8 Å². The van der Waals surface area contributed by atoms with Gasteiger partial charge >= 0.3 is 0 Å². The van der Waals surface area contributed by atoms with E-state index >= 15 is 0 Å². The highest BCUT2D eigenvalue weighted by Crippen LogP contribution is 2.20. The number of aryl methyl sites for hydroxylation is 2. The molecule has 2 aromatic heterocycles. The summed E-state index contributed by atoms with van der Waals surface area (Å²) in [6, 6.07) is 9.69. The van der Waals surface area contributed by atoms with Crippen molar-refractivity contribution in [2.24, 2.45) is 7.05 Å². The van der Waals surface area contributed by atoms with Gasteiger partial charge in [0.15, 0.2) is 5.82 Å². The molecule has 3 rings (SSSR count). The number of aromatic nitrogens is 3. The number of rotatable bonds is 5. The van der Waals surface area contributed by atoms with E-state index in [1.807, 2.05) is 47.3 Å². The first-order valence-corrected chi connectivity index (χ1v) is 7.92. The molecule has 0 unspecified atom stereocenters.